The highest BCUT2D eigenvalue weighted by molar-refractivity contribution is 5.98. The highest BCUT2D eigenvalue weighted by atomic mass is 16.6. The molecule has 132 valence electrons. The van der Waals surface area contributed by atoms with Gasteiger partial charge >= 0.3 is 17.6 Å². The van der Waals surface area contributed by atoms with E-state index < -0.39 is 34.0 Å². The van der Waals surface area contributed by atoms with E-state index in [4.69, 9.17) is 14.7 Å². The first-order valence-electron chi connectivity index (χ1n) is 7.14. The minimum atomic E-state index is -1.46. The molecule has 10 nitrogen and oxygen atoms in total. The number of nitrogens with zero attached hydrogens (tertiary/aromatic N) is 3. The van der Waals surface area contributed by atoms with Crippen LogP contribution in [0.15, 0.2) is 17.1 Å². The highest BCUT2D eigenvalue weighted by Gasteiger charge is 2.23. The Kier molecular flexibility index (Phi) is 7.02. The molecule has 1 N–H and O–H groups in total. The molecule has 1 atom stereocenters. The van der Waals surface area contributed by atoms with Crippen molar-refractivity contribution < 1.29 is 29.1 Å². The Morgan fingerprint density at radius 1 is 1.44 bits per heavy atom. The average molecular weight is 349 g/mol. The number of aliphatic imine (C=N–C) groups is 1. The number of nitriles is 1. The molecule has 0 bridgehead atoms. The maximum absolute atomic E-state index is 11.6. The minimum absolute atomic E-state index is 0.0667. The van der Waals surface area contributed by atoms with Crippen LogP contribution in [0.2, 0.25) is 0 Å². The van der Waals surface area contributed by atoms with Gasteiger partial charge in [-0.25, -0.2) is 4.79 Å². The number of hydrogen-bond donors (Lipinski definition) is 1. The number of nitro benzene ring substituents is 1. The molecule has 0 radical (unpaired) electrons. The Bertz CT molecular complexity index is 752. The number of aromatic carboxylic acids is 1. The summed E-state index contributed by atoms with van der Waals surface area (Å²) in [5, 5.41) is 29.2. The van der Waals surface area contributed by atoms with Gasteiger partial charge in [0.05, 0.1) is 35.5 Å². The predicted octanol–water partition coefficient (Wildman–Crippen LogP) is 2.10. The number of rotatable bonds is 8. The Labute approximate surface area is 142 Å². The van der Waals surface area contributed by atoms with Crippen LogP contribution in [-0.4, -0.2) is 41.4 Å². The van der Waals surface area contributed by atoms with Gasteiger partial charge in [0.25, 0.3) is 0 Å². The zero-order chi connectivity index (χ0) is 19.0. The molecule has 0 spiro atoms. The summed E-state index contributed by atoms with van der Waals surface area (Å²) in [5.74, 6) is -3.80. The quantitative estimate of drug-likeness (QED) is 0.324. The largest absolute Gasteiger partial charge is 0.487 e. The van der Waals surface area contributed by atoms with Gasteiger partial charge in [0, 0.05) is 18.3 Å². The molecule has 0 saturated heterocycles. The van der Waals surface area contributed by atoms with Crippen LogP contribution >= 0.6 is 0 Å². The lowest BCUT2D eigenvalue weighted by Crippen LogP contribution is -2.17. The Morgan fingerprint density at radius 3 is 2.60 bits per heavy atom. The van der Waals surface area contributed by atoms with Crippen molar-refractivity contribution in [2.75, 3.05) is 13.2 Å². The fourth-order valence-corrected chi connectivity index (χ4v) is 1.78. The van der Waals surface area contributed by atoms with Gasteiger partial charge in [0.2, 0.25) is 0 Å². The van der Waals surface area contributed by atoms with Gasteiger partial charge in [0.1, 0.15) is 0 Å². The third-order valence-corrected chi connectivity index (χ3v) is 2.85. The molecule has 0 amide bonds. The molecular formula is C15H15N3O7. The van der Waals surface area contributed by atoms with E-state index in [1.165, 1.54) is 0 Å². The summed E-state index contributed by atoms with van der Waals surface area (Å²) in [6, 6.07) is 3.55. The monoisotopic (exact) mass is 349 g/mol. The lowest BCUT2D eigenvalue weighted by atomic mass is 10.1. The number of benzene rings is 1. The molecule has 0 aromatic heterocycles. The zero-order valence-electron chi connectivity index (χ0n) is 13.5. The molecule has 1 aromatic rings. The van der Waals surface area contributed by atoms with Crippen LogP contribution in [0.4, 0.5) is 11.4 Å². The van der Waals surface area contributed by atoms with Crippen LogP contribution in [0.25, 0.3) is 0 Å². The molecule has 0 aliphatic rings. The lowest BCUT2D eigenvalue weighted by Gasteiger charge is -2.08. The SMILES string of the molecule is CCOC(=O)C(C#N)C=Nc1cc(OCC)c([N+](=O)[O-])cc1C(=O)O. The van der Waals surface area contributed by atoms with Crippen molar-refractivity contribution in [2.24, 2.45) is 10.9 Å². The number of nitro groups is 1. The molecular weight excluding hydrogens is 334 g/mol. The topological polar surface area (TPSA) is 152 Å². The van der Waals surface area contributed by atoms with Crippen molar-refractivity contribution in [3.63, 3.8) is 0 Å². The first-order valence-corrected chi connectivity index (χ1v) is 7.14. The second-order valence-electron chi connectivity index (χ2n) is 4.47. The van der Waals surface area contributed by atoms with E-state index in [0.717, 1.165) is 18.3 Å². The smallest absolute Gasteiger partial charge is 0.338 e. The van der Waals surface area contributed by atoms with Crippen LogP contribution in [0.1, 0.15) is 24.2 Å². The summed E-state index contributed by atoms with van der Waals surface area (Å²) in [6.07, 6.45) is 0.918. The molecule has 1 unspecified atom stereocenters. The fraction of sp³-hybridized carbons (Fsp3) is 0.333. The number of carbonyl (C=O) groups is 2. The number of esters is 1. The van der Waals surface area contributed by atoms with Gasteiger partial charge in [-0.05, 0) is 13.8 Å². The van der Waals surface area contributed by atoms with E-state index in [1.807, 2.05) is 0 Å². The Morgan fingerprint density at radius 2 is 2.12 bits per heavy atom. The normalized spacial score (nSPS) is 11.6. The number of carboxylic acid groups (broad SMARTS) is 1. The summed E-state index contributed by atoms with van der Waals surface area (Å²) in [5.41, 5.74) is -1.18. The predicted molar refractivity (Wildman–Crippen MR) is 85.1 cm³/mol. The minimum Gasteiger partial charge on any atom is -0.487 e. The molecule has 1 rings (SSSR count). The van der Waals surface area contributed by atoms with Crippen LogP contribution in [-0.2, 0) is 9.53 Å². The third kappa shape index (κ3) is 5.00. The highest BCUT2D eigenvalue weighted by Crippen LogP contribution is 2.35. The molecule has 1 aromatic carbocycles. The van der Waals surface area contributed by atoms with Gasteiger partial charge in [-0.3, -0.25) is 19.9 Å². The maximum Gasteiger partial charge on any atom is 0.338 e. The summed E-state index contributed by atoms with van der Waals surface area (Å²) in [7, 11) is 0. The first kappa shape index (κ1) is 19.6. The van der Waals surface area contributed by atoms with E-state index in [-0.39, 0.29) is 24.7 Å². The molecule has 0 aliphatic heterocycles. The summed E-state index contributed by atoms with van der Waals surface area (Å²) < 4.78 is 9.82. The third-order valence-electron chi connectivity index (χ3n) is 2.85. The van der Waals surface area contributed by atoms with E-state index >= 15 is 0 Å². The van der Waals surface area contributed by atoms with Gasteiger partial charge in [-0.2, -0.15) is 5.26 Å². The summed E-state index contributed by atoms with van der Waals surface area (Å²) in [4.78, 5) is 37.0. The number of carbonyl (C=O) groups excluding carboxylic acids is 1. The first-order chi connectivity index (χ1) is 11.8. The van der Waals surface area contributed by atoms with Crippen molar-refractivity contribution in [1.29, 1.82) is 5.26 Å². The second kappa shape index (κ2) is 8.97. The van der Waals surface area contributed by atoms with Crippen molar-refractivity contribution in [3.05, 3.63) is 27.8 Å². The van der Waals surface area contributed by atoms with Crippen molar-refractivity contribution in [3.8, 4) is 11.8 Å². The van der Waals surface area contributed by atoms with E-state index in [2.05, 4.69) is 4.99 Å². The van der Waals surface area contributed by atoms with Crippen LogP contribution in [0, 0.1) is 27.4 Å². The van der Waals surface area contributed by atoms with Crippen LogP contribution < -0.4 is 4.74 Å². The number of ether oxygens (including phenoxy) is 2. The summed E-state index contributed by atoms with van der Waals surface area (Å²) >= 11 is 0. The Hall–Kier alpha value is -3.48. The van der Waals surface area contributed by atoms with Crippen molar-refractivity contribution in [1.82, 2.24) is 0 Å². The van der Waals surface area contributed by atoms with E-state index in [9.17, 15) is 24.8 Å². The molecule has 0 saturated carbocycles. The van der Waals surface area contributed by atoms with Crippen LogP contribution in [0.5, 0.6) is 5.75 Å². The fourth-order valence-electron chi connectivity index (χ4n) is 1.78. The summed E-state index contributed by atoms with van der Waals surface area (Å²) in [6.45, 7) is 3.35. The molecule has 0 heterocycles. The van der Waals surface area contributed by atoms with E-state index in [0.29, 0.717) is 0 Å². The van der Waals surface area contributed by atoms with Gasteiger partial charge < -0.3 is 14.6 Å². The zero-order valence-corrected chi connectivity index (χ0v) is 13.5. The standard InChI is InChI=1S/C15H15N3O7/c1-3-24-13-6-11(10(14(19)20)5-12(13)18(22)23)17-8-9(7-16)15(21)25-4-2/h5-6,8-9H,3-4H2,1-2H3,(H,19,20). The molecule has 0 fully saturated rings. The van der Waals surface area contributed by atoms with Gasteiger partial charge in [0.15, 0.2) is 11.7 Å². The van der Waals surface area contributed by atoms with Crippen LogP contribution in [0.3, 0.4) is 0 Å². The molecule has 0 aliphatic carbocycles. The molecule has 25 heavy (non-hydrogen) atoms. The Balaban J connectivity index is 3.37. The lowest BCUT2D eigenvalue weighted by molar-refractivity contribution is -0.385. The van der Waals surface area contributed by atoms with Crippen molar-refractivity contribution in [2.45, 2.75) is 13.8 Å². The van der Waals surface area contributed by atoms with Gasteiger partial charge in [-0.1, -0.05) is 0 Å². The van der Waals surface area contributed by atoms with E-state index in [1.54, 1.807) is 19.9 Å². The maximum atomic E-state index is 11.6. The molecule has 10 heteroatoms. The second-order valence-corrected chi connectivity index (χ2v) is 4.47. The van der Waals surface area contributed by atoms with Gasteiger partial charge in [-0.15, -0.1) is 0 Å². The average Bonchev–Trinajstić information content (AvgIpc) is 2.55. The number of hydrogen-bond acceptors (Lipinski definition) is 8. The van der Waals surface area contributed by atoms with Crippen molar-refractivity contribution >= 4 is 29.5 Å². The number of carboxylic acids is 1.